The predicted molar refractivity (Wildman–Crippen MR) is 112 cm³/mol. The average molecular weight is 377 g/mol. The van der Waals surface area contributed by atoms with Crippen LogP contribution >= 0.6 is 0 Å². The van der Waals surface area contributed by atoms with Gasteiger partial charge in [0.05, 0.1) is 30.6 Å². The number of aromatic amines is 1. The minimum atomic E-state index is -0.0179. The summed E-state index contributed by atoms with van der Waals surface area (Å²) in [5, 5.41) is 10.7. The number of rotatable bonds is 9. The number of carbonyl (C=O) groups excluding carboxylic acids is 1. The van der Waals surface area contributed by atoms with E-state index in [4.69, 9.17) is 4.74 Å². The fourth-order valence-electron chi connectivity index (χ4n) is 3.20. The standard InChI is InChI=1S/C23H27N3O2/c1-3-7-20-23(24-22(27)16-18-8-5-4-6-9-18)21(26-25-20)15-12-17-10-13-19(28-2)14-11-17/h4-6,8-11,13-14H,3,7,12,15-16H2,1-2H3,(H,24,27)(H,25,26). The molecule has 0 aliphatic carbocycles. The van der Waals surface area contributed by atoms with Crippen molar-refractivity contribution in [2.45, 2.75) is 39.0 Å². The Kier molecular flexibility index (Phi) is 6.84. The van der Waals surface area contributed by atoms with Crippen molar-refractivity contribution in [2.24, 2.45) is 0 Å². The number of nitrogens with one attached hydrogen (secondary N) is 2. The number of ether oxygens (including phenoxy) is 1. The van der Waals surface area contributed by atoms with E-state index in [0.29, 0.717) is 6.42 Å². The van der Waals surface area contributed by atoms with Crippen molar-refractivity contribution in [3.8, 4) is 5.75 Å². The number of methoxy groups -OCH3 is 1. The van der Waals surface area contributed by atoms with Gasteiger partial charge >= 0.3 is 0 Å². The molecule has 1 heterocycles. The van der Waals surface area contributed by atoms with Gasteiger partial charge in [0, 0.05) is 0 Å². The molecule has 1 amide bonds. The van der Waals surface area contributed by atoms with Crippen molar-refractivity contribution in [1.82, 2.24) is 10.2 Å². The maximum absolute atomic E-state index is 12.6. The molecular formula is C23H27N3O2. The lowest BCUT2D eigenvalue weighted by Crippen LogP contribution is -2.16. The SMILES string of the molecule is CCCc1[nH]nc(CCc2ccc(OC)cc2)c1NC(=O)Cc1ccccc1. The summed E-state index contributed by atoms with van der Waals surface area (Å²) in [6.45, 7) is 2.12. The highest BCUT2D eigenvalue weighted by atomic mass is 16.5. The second-order valence-electron chi connectivity index (χ2n) is 6.83. The molecule has 0 unspecified atom stereocenters. The molecule has 0 saturated carbocycles. The quantitative estimate of drug-likeness (QED) is 0.583. The van der Waals surface area contributed by atoms with E-state index < -0.39 is 0 Å². The summed E-state index contributed by atoms with van der Waals surface area (Å²) in [7, 11) is 1.67. The van der Waals surface area contributed by atoms with Crippen molar-refractivity contribution in [1.29, 1.82) is 0 Å². The second-order valence-corrected chi connectivity index (χ2v) is 6.83. The topological polar surface area (TPSA) is 67.0 Å². The number of hydrogen-bond donors (Lipinski definition) is 2. The molecule has 5 nitrogen and oxygen atoms in total. The fourth-order valence-corrected chi connectivity index (χ4v) is 3.20. The van der Waals surface area contributed by atoms with Crippen molar-refractivity contribution in [3.05, 3.63) is 77.1 Å². The zero-order valence-electron chi connectivity index (χ0n) is 16.5. The molecule has 3 aromatic rings. The van der Waals surface area contributed by atoms with Crippen LogP contribution in [0.1, 0.15) is 35.9 Å². The van der Waals surface area contributed by atoms with E-state index in [0.717, 1.165) is 54.1 Å². The molecule has 28 heavy (non-hydrogen) atoms. The van der Waals surface area contributed by atoms with Crippen LogP contribution in [0.5, 0.6) is 5.75 Å². The zero-order valence-corrected chi connectivity index (χ0v) is 16.5. The maximum Gasteiger partial charge on any atom is 0.228 e. The van der Waals surface area contributed by atoms with Crippen LogP contribution in [0.2, 0.25) is 0 Å². The molecule has 5 heteroatoms. The highest BCUT2D eigenvalue weighted by molar-refractivity contribution is 5.93. The van der Waals surface area contributed by atoms with Gasteiger partial charge < -0.3 is 10.1 Å². The van der Waals surface area contributed by atoms with Crippen LogP contribution in [0.4, 0.5) is 5.69 Å². The van der Waals surface area contributed by atoms with Crippen LogP contribution in [-0.4, -0.2) is 23.2 Å². The molecule has 0 aliphatic rings. The highest BCUT2D eigenvalue weighted by Gasteiger charge is 2.16. The van der Waals surface area contributed by atoms with Crippen molar-refractivity contribution in [3.63, 3.8) is 0 Å². The van der Waals surface area contributed by atoms with Gasteiger partial charge in [-0.25, -0.2) is 0 Å². The van der Waals surface area contributed by atoms with Crippen LogP contribution in [-0.2, 0) is 30.5 Å². The molecule has 0 bridgehead atoms. The van der Waals surface area contributed by atoms with Gasteiger partial charge in [-0.3, -0.25) is 9.89 Å². The first kappa shape index (κ1) is 19.7. The van der Waals surface area contributed by atoms with Gasteiger partial charge in [-0.15, -0.1) is 0 Å². The lowest BCUT2D eigenvalue weighted by Gasteiger charge is -2.09. The summed E-state index contributed by atoms with van der Waals surface area (Å²) >= 11 is 0. The summed E-state index contributed by atoms with van der Waals surface area (Å²) in [5.74, 6) is 0.832. The Balaban J connectivity index is 1.69. The van der Waals surface area contributed by atoms with Gasteiger partial charge in [0.1, 0.15) is 5.75 Å². The summed E-state index contributed by atoms with van der Waals surface area (Å²) in [5.41, 5.74) is 4.95. The molecular weight excluding hydrogens is 350 g/mol. The third kappa shape index (κ3) is 5.22. The van der Waals surface area contributed by atoms with E-state index in [-0.39, 0.29) is 5.91 Å². The van der Waals surface area contributed by atoms with Crippen LogP contribution in [0.15, 0.2) is 54.6 Å². The van der Waals surface area contributed by atoms with E-state index in [1.54, 1.807) is 7.11 Å². The maximum atomic E-state index is 12.6. The van der Waals surface area contributed by atoms with E-state index >= 15 is 0 Å². The molecule has 146 valence electrons. The van der Waals surface area contributed by atoms with Crippen molar-refractivity contribution >= 4 is 11.6 Å². The number of nitrogens with zero attached hydrogens (tertiary/aromatic N) is 1. The second kappa shape index (κ2) is 9.74. The lowest BCUT2D eigenvalue weighted by atomic mass is 10.1. The smallest absolute Gasteiger partial charge is 0.228 e. The molecule has 2 N–H and O–H groups in total. The Morgan fingerprint density at radius 2 is 1.75 bits per heavy atom. The van der Waals surface area contributed by atoms with Gasteiger partial charge in [-0.2, -0.15) is 5.10 Å². The van der Waals surface area contributed by atoms with Gasteiger partial charge in [-0.1, -0.05) is 55.8 Å². The van der Waals surface area contributed by atoms with E-state index in [1.165, 1.54) is 5.56 Å². The Morgan fingerprint density at radius 1 is 1.00 bits per heavy atom. The van der Waals surface area contributed by atoms with Crippen LogP contribution in [0.3, 0.4) is 0 Å². The number of benzene rings is 2. The molecule has 2 aromatic carbocycles. The minimum Gasteiger partial charge on any atom is -0.497 e. The molecule has 0 fully saturated rings. The number of aryl methyl sites for hydroxylation is 3. The summed E-state index contributed by atoms with van der Waals surface area (Å²) < 4.78 is 5.21. The number of H-pyrrole nitrogens is 1. The third-order valence-corrected chi connectivity index (χ3v) is 4.70. The summed E-state index contributed by atoms with van der Waals surface area (Å²) in [6.07, 6.45) is 3.81. The average Bonchev–Trinajstić information content (AvgIpc) is 3.09. The van der Waals surface area contributed by atoms with Crippen molar-refractivity contribution in [2.75, 3.05) is 12.4 Å². The lowest BCUT2D eigenvalue weighted by molar-refractivity contribution is -0.115. The van der Waals surface area contributed by atoms with Crippen molar-refractivity contribution < 1.29 is 9.53 Å². The van der Waals surface area contributed by atoms with Gasteiger partial charge in [0.15, 0.2) is 0 Å². The first-order chi connectivity index (χ1) is 13.7. The number of hydrogen-bond acceptors (Lipinski definition) is 3. The van der Waals surface area contributed by atoms with Crippen LogP contribution in [0.25, 0.3) is 0 Å². The Hall–Kier alpha value is -3.08. The van der Waals surface area contributed by atoms with E-state index in [1.807, 2.05) is 42.5 Å². The van der Waals surface area contributed by atoms with Crippen LogP contribution < -0.4 is 10.1 Å². The molecule has 0 radical (unpaired) electrons. The highest BCUT2D eigenvalue weighted by Crippen LogP contribution is 2.22. The largest absolute Gasteiger partial charge is 0.497 e. The molecule has 0 atom stereocenters. The third-order valence-electron chi connectivity index (χ3n) is 4.70. The fraction of sp³-hybridized carbons (Fsp3) is 0.304. The summed E-state index contributed by atoms with van der Waals surface area (Å²) in [6, 6.07) is 17.8. The van der Waals surface area contributed by atoms with Gasteiger partial charge in [-0.05, 0) is 42.5 Å². The Labute approximate surface area is 166 Å². The molecule has 0 aliphatic heterocycles. The number of amides is 1. The number of aromatic nitrogens is 2. The monoisotopic (exact) mass is 377 g/mol. The zero-order chi connectivity index (χ0) is 19.8. The minimum absolute atomic E-state index is 0.0179. The normalized spacial score (nSPS) is 10.6. The molecule has 0 saturated heterocycles. The Morgan fingerprint density at radius 3 is 2.43 bits per heavy atom. The number of carbonyl (C=O) groups is 1. The van der Waals surface area contributed by atoms with E-state index in [9.17, 15) is 4.79 Å². The van der Waals surface area contributed by atoms with Gasteiger partial charge in [0.25, 0.3) is 0 Å². The molecule has 1 aromatic heterocycles. The predicted octanol–water partition coefficient (Wildman–Crippen LogP) is 4.34. The van der Waals surface area contributed by atoms with Gasteiger partial charge in [0.2, 0.25) is 5.91 Å². The number of anilines is 1. The van der Waals surface area contributed by atoms with Crippen LogP contribution in [0, 0.1) is 0 Å². The first-order valence-corrected chi connectivity index (χ1v) is 9.72. The first-order valence-electron chi connectivity index (χ1n) is 9.72. The summed E-state index contributed by atoms with van der Waals surface area (Å²) in [4.78, 5) is 12.6. The Bertz CT molecular complexity index is 886. The molecule has 3 rings (SSSR count). The van der Waals surface area contributed by atoms with E-state index in [2.05, 4.69) is 34.6 Å². The molecule has 0 spiro atoms.